The summed E-state index contributed by atoms with van der Waals surface area (Å²) in [7, 11) is 0. The topological polar surface area (TPSA) is 12.9 Å². The molecular formula is C11H10FNS. The Morgan fingerprint density at radius 2 is 1.79 bits per heavy atom. The van der Waals surface area contributed by atoms with Crippen LogP contribution in [-0.2, 0) is 0 Å². The average molecular weight is 207 g/mol. The third kappa shape index (κ3) is 1.68. The van der Waals surface area contributed by atoms with Crippen LogP contribution in [0.3, 0.4) is 0 Å². The van der Waals surface area contributed by atoms with Gasteiger partial charge in [0.1, 0.15) is 10.8 Å². The number of nitrogens with zero attached hydrogens (tertiary/aromatic N) is 1. The first kappa shape index (κ1) is 9.34. The van der Waals surface area contributed by atoms with E-state index in [0.717, 1.165) is 16.3 Å². The van der Waals surface area contributed by atoms with Crippen molar-refractivity contribution in [3.05, 3.63) is 40.7 Å². The zero-order chi connectivity index (χ0) is 10.1. The second kappa shape index (κ2) is 3.50. The zero-order valence-electron chi connectivity index (χ0n) is 8.04. The molecule has 14 heavy (non-hydrogen) atoms. The quantitative estimate of drug-likeness (QED) is 0.696. The largest absolute Gasteiger partial charge is 0.241 e. The van der Waals surface area contributed by atoms with Crippen LogP contribution in [0.25, 0.3) is 10.6 Å². The molecular weight excluding hydrogens is 197 g/mol. The minimum absolute atomic E-state index is 0.209. The van der Waals surface area contributed by atoms with E-state index in [0.29, 0.717) is 0 Å². The van der Waals surface area contributed by atoms with Crippen molar-refractivity contribution in [2.45, 2.75) is 13.8 Å². The number of halogens is 1. The lowest BCUT2D eigenvalue weighted by atomic mass is 10.2. The standard InChI is InChI=1S/C11H10FNS/c1-7-8(2)14-11(13-7)9-3-5-10(12)6-4-9/h3-6H,1-2H3. The van der Waals surface area contributed by atoms with Crippen LogP contribution in [-0.4, -0.2) is 4.98 Å². The highest BCUT2D eigenvalue weighted by Crippen LogP contribution is 2.26. The van der Waals surface area contributed by atoms with Crippen LogP contribution in [0.5, 0.6) is 0 Å². The molecule has 1 heterocycles. The lowest BCUT2D eigenvalue weighted by Gasteiger charge is -1.94. The number of rotatable bonds is 1. The van der Waals surface area contributed by atoms with Crippen molar-refractivity contribution in [2.24, 2.45) is 0 Å². The van der Waals surface area contributed by atoms with E-state index in [1.807, 2.05) is 13.8 Å². The predicted octanol–water partition coefficient (Wildman–Crippen LogP) is 3.57. The molecule has 0 amide bonds. The van der Waals surface area contributed by atoms with Gasteiger partial charge in [0.2, 0.25) is 0 Å². The van der Waals surface area contributed by atoms with Crippen LogP contribution < -0.4 is 0 Å². The van der Waals surface area contributed by atoms with E-state index < -0.39 is 0 Å². The van der Waals surface area contributed by atoms with Gasteiger partial charge in [-0.25, -0.2) is 9.37 Å². The minimum Gasteiger partial charge on any atom is -0.241 e. The van der Waals surface area contributed by atoms with Crippen LogP contribution >= 0.6 is 11.3 Å². The summed E-state index contributed by atoms with van der Waals surface area (Å²) < 4.78 is 12.7. The van der Waals surface area contributed by atoms with Crippen LogP contribution in [0, 0.1) is 19.7 Å². The van der Waals surface area contributed by atoms with Gasteiger partial charge in [-0.2, -0.15) is 0 Å². The van der Waals surface area contributed by atoms with Gasteiger partial charge in [-0.1, -0.05) is 0 Å². The van der Waals surface area contributed by atoms with Gasteiger partial charge in [-0.3, -0.25) is 0 Å². The van der Waals surface area contributed by atoms with E-state index in [1.165, 1.54) is 17.0 Å². The van der Waals surface area contributed by atoms with Gasteiger partial charge in [0, 0.05) is 10.4 Å². The van der Waals surface area contributed by atoms with E-state index in [4.69, 9.17) is 0 Å². The summed E-state index contributed by atoms with van der Waals surface area (Å²) in [5.41, 5.74) is 2.03. The molecule has 0 aliphatic heterocycles. The van der Waals surface area contributed by atoms with E-state index in [-0.39, 0.29) is 5.82 Å². The summed E-state index contributed by atoms with van der Waals surface area (Å²) in [5.74, 6) is -0.209. The average Bonchev–Trinajstić information content (AvgIpc) is 2.48. The first-order chi connectivity index (χ1) is 6.66. The molecule has 72 valence electrons. The monoisotopic (exact) mass is 207 g/mol. The molecule has 0 radical (unpaired) electrons. The molecule has 0 spiro atoms. The van der Waals surface area contributed by atoms with Crippen LogP contribution in [0.1, 0.15) is 10.6 Å². The summed E-state index contributed by atoms with van der Waals surface area (Å²) in [5, 5.41) is 0.958. The molecule has 2 rings (SSSR count). The first-order valence-electron chi connectivity index (χ1n) is 4.37. The fourth-order valence-electron chi connectivity index (χ4n) is 1.19. The Labute approximate surface area is 86.2 Å². The van der Waals surface area contributed by atoms with Crippen LogP contribution in [0.4, 0.5) is 4.39 Å². The Hall–Kier alpha value is -1.22. The first-order valence-corrected chi connectivity index (χ1v) is 5.18. The van der Waals surface area contributed by atoms with E-state index in [9.17, 15) is 4.39 Å². The molecule has 0 saturated heterocycles. The van der Waals surface area contributed by atoms with E-state index >= 15 is 0 Å². The molecule has 1 aromatic heterocycles. The number of hydrogen-bond acceptors (Lipinski definition) is 2. The van der Waals surface area contributed by atoms with Crippen molar-refractivity contribution in [1.82, 2.24) is 4.98 Å². The third-order valence-electron chi connectivity index (χ3n) is 2.12. The summed E-state index contributed by atoms with van der Waals surface area (Å²) in [6.07, 6.45) is 0. The van der Waals surface area contributed by atoms with Gasteiger partial charge in [-0.15, -0.1) is 11.3 Å². The van der Waals surface area contributed by atoms with E-state index in [2.05, 4.69) is 4.98 Å². The highest BCUT2D eigenvalue weighted by molar-refractivity contribution is 7.15. The molecule has 1 aromatic carbocycles. The molecule has 2 aromatic rings. The van der Waals surface area contributed by atoms with Crippen LogP contribution in [0.15, 0.2) is 24.3 Å². The van der Waals surface area contributed by atoms with Crippen molar-refractivity contribution >= 4 is 11.3 Å². The Balaban J connectivity index is 2.44. The Morgan fingerprint density at radius 3 is 2.29 bits per heavy atom. The second-order valence-corrected chi connectivity index (χ2v) is 4.37. The van der Waals surface area contributed by atoms with Crippen LogP contribution in [0.2, 0.25) is 0 Å². The molecule has 0 saturated carbocycles. The summed E-state index contributed by atoms with van der Waals surface area (Å²) in [4.78, 5) is 5.62. The molecule has 0 N–H and O–H groups in total. The number of aromatic nitrogens is 1. The normalized spacial score (nSPS) is 10.5. The second-order valence-electron chi connectivity index (χ2n) is 3.17. The number of thiazole rings is 1. The molecule has 0 unspecified atom stereocenters. The van der Waals surface area contributed by atoms with Crippen molar-refractivity contribution in [1.29, 1.82) is 0 Å². The molecule has 3 heteroatoms. The lowest BCUT2D eigenvalue weighted by molar-refractivity contribution is 0.628. The Morgan fingerprint density at radius 1 is 1.14 bits per heavy atom. The molecule has 1 nitrogen and oxygen atoms in total. The lowest BCUT2D eigenvalue weighted by Crippen LogP contribution is -1.78. The zero-order valence-corrected chi connectivity index (χ0v) is 8.86. The summed E-state index contributed by atoms with van der Waals surface area (Å²) in [6, 6.07) is 6.43. The SMILES string of the molecule is Cc1nc(-c2ccc(F)cc2)sc1C. The molecule has 0 bridgehead atoms. The third-order valence-corrected chi connectivity index (χ3v) is 3.24. The smallest absolute Gasteiger partial charge is 0.123 e. The molecule has 0 aliphatic carbocycles. The van der Waals surface area contributed by atoms with E-state index in [1.54, 1.807) is 23.5 Å². The maximum atomic E-state index is 12.7. The molecule has 0 atom stereocenters. The minimum atomic E-state index is -0.209. The fraction of sp³-hybridized carbons (Fsp3) is 0.182. The van der Waals surface area contributed by atoms with Crippen molar-refractivity contribution in [2.75, 3.05) is 0 Å². The van der Waals surface area contributed by atoms with Crippen molar-refractivity contribution < 1.29 is 4.39 Å². The van der Waals surface area contributed by atoms with Gasteiger partial charge < -0.3 is 0 Å². The maximum Gasteiger partial charge on any atom is 0.123 e. The number of hydrogen-bond donors (Lipinski definition) is 0. The van der Waals surface area contributed by atoms with Crippen molar-refractivity contribution in [3.63, 3.8) is 0 Å². The molecule has 0 fully saturated rings. The van der Waals surface area contributed by atoms with Crippen molar-refractivity contribution in [3.8, 4) is 10.6 Å². The fourth-order valence-corrected chi connectivity index (χ4v) is 2.11. The van der Waals surface area contributed by atoms with Gasteiger partial charge in [0.25, 0.3) is 0 Å². The summed E-state index contributed by atoms with van der Waals surface area (Å²) >= 11 is 1.64. The predicted molar refractivity (Wildman–Crippen MR) is 57.0 cm³/mol. The Kier molecular flexibility index (Phi) is 2.33. The van der Waals surface area contributed by atoms with Gasteiger partial charge in [0.15, 0.2) is 0 Å². The summed E-state index contributed by atoms with van der Waals surface area (Å²) in [6.45, 7) is 4.03. The highest BCUT2D eigenvalue weighted by atomic mass is 32.1. The van der Waals surface area contributed by atoms with Gasteiger partial charge in [-0.05, 0) is 38.1 Å². The Bertz CT molecular complexity index is 425. The number of aryl methyl sites for hydroxylation is 2. The highest BCUT2D eigenvalue weighted by Gasteiger charge is 2.05. The van der Waals surface area contributed by atoms with Gasteiger partial charge >= 0.3 is 0 Å². The molecule has 0 aliphatic rings. The number of benzene rings is 1. The van der Waals surface area contributed by atoms with Gasteiger partial charge in [0.05, 0.1) is 5.69 Å². The maximum absolute atomic E-state index is 12.7.